The molecule has 5 nitrogen and oxygen atoms in total. The minimum Gasteiger partial charge on any atom is -0.381 e. The van der Waals surface area contributed by atoms with Crippen LogP contribution in [0, 0.1) is 12.8 Å². The topological polar surface area (TPSA) is 45.7 Å². The minimum atomic E-state index is 0.311. The third-order valence-electron chi connectivity index (χ3n) is 5.62. The number of ether oxygens (including phenoxy) is 1. The number of thiazole rings is 1. The summed E-state index contributed by atoms with van der Waals surface area (Å²) in [5.41, 5.74) is 3.09. The van der Waals surface area contributed by atoms with Crippen molar-refractivity contribution < 1.29 is 9.53 Å². The van der Waals surface area contributed by atoms with Crippen LogP contribution in [0.3, 0.4) is 0 Å². The molecule has 0 spiro atoms. The van der Waals surface area contributed by atoms with Crippen molar-refractivity contribution in [2.24, 2.45) is 5.92 Å². The standard InChI is InChI=1S/C18H27N3O2S/c1-13-17(24-12-19-13)11-20-7-4-16(10-20)21(18(22)14-2-3-14)15-5-8-23-9-6-15/h12,14-16H,2-11H2,1H3. The van der Waals surface area contributed by atoms with Crippen LogP contribution in [-0.4, -0.2) is 59.1 Å². The second kappa shape index (κ2) is 7.10. The summed E-state index contributed by atoms with van der Waals surface area (Å²) in [6.07, 6.45) is 5.30. The molecule has 1 saturated carbocycles. The highest BCUT2D eigenvalue weighted by Crippen LogP contribution is 2.35. The van der Waals surface area contributed by atoms with Crippen LogP contribution in [0.15, 0.2) is 5.51 Å². The summed E-state index contributed by atoms with van der Waals surface area (Å²) < 4.78 is 5.52. The molecule has 1 aromatic rings. The number of carbonyl (C=O) groups excluding carboxylic acids is 1. The molecule has 1 atom stereocenters. The summed E-state index contributed by atoms with van der Waals surface area (Å²) in [7, 11) is 0. The van der Waals surface area contributed by atoms with E-state index >= 15 is 0 Å². The first-order chi connectivity index (χ1) is 11.7. The Bertz CT molecular complexity index is 581. The third-order valence-corrected chi connectivity index (χ3v) is 6.54. The van der Waals surface area contributed by atoms with Gasteiger partial charge in [0.2, 0.25) is 5.91 Å². The Balaban J connectivity index is 1.43. The molecule has 3 aliphatic rings. The van der Waals surface area contributed by atoms with E-state index in [0.717, 1.165) is 70.6 Å². The molecule has 2 aliphatic heterocycles. The van der Waals surface area contributed by atoms with Gasteiger partial charge >= 0.3 is 0 Å². The molecule has 1 aliphatic carbocycles. The Morgan fingerprint density at radius 3 is 2.75 bits per heavy atom. The lowest BCUT2D eigenvalue weighted by Crippen LogP contribution is -2.51. The third kappa shape index (κ3) is 3.51. The molecule has 24 heavy (non-hydrogen) atoms. The van der Waals surface area contributed by atoms with E-state index in [4.69, 9.17) is 4.74 Å². The fourth-order valence-electron chi connectivity index (χ4n) is 4.03. The van der Waals surface area contributed by atoms with Gasteiger partial charge in [-0.25, -0.2) is 4.98 Å². The second-order valence-corrected chi connectivity index (χ2v) is 8.34. The number of likely N-dealkylation sites (tertiary alicyclic amines) is 1. The highest BCUT2D eigenvalue weighted by molar-refractivity contribution is 7.09. The highest BCUT2D eigenvalue weighted by atomic mass is 32.1. The quantitative estimate of drug-likeness (QED) is 0.819. The highest BCUT2D eigenvalue weighted by Gasteiger charge is 2.41. The fourth-order valence-corrected chi connectivity index (χ4v) is 4.84. The molecule has 0 aromatic carbocycles. The molecule has 3 heterocycles. The molecule has 2 saturated heterocycles. The maximum atomic E-state index is 12.9. The molecule has 0 N–H and O–H groups in total. The molecule has 1 amide bonds. The predicted molar refractivity (Wildman–Crippen MR) is 93.9 cm³/mol. The predicted octanol–water partition coefficient (Wildman–Crippen LogP) is 2.44. The number of aromatic nitrogens is 1. The van der Waals surface area contributed by atoms with Crippen LogP contribution >= 0.6 is 11.3 Å². The van der Waals surface area contributed by atoms with Crippen molar-refractivity contribution in [2.45, 2.75) is 57.7 Å². The molecular weight excluding hydrogens is 322 g/mol. The molecular formula is C18H27N3O2S. The summed E-state index contributed by atoms with van der Waals surface area (Å²) >= 11 is 1.75. The monoisotopic (exact) mass is 349 g/mol. The van der Waals surface area contributed by atoms with Crippen molar-refractivity contribution >= 4 is 17.2 Å². The van der Waals surface area contributed by atoms with E-state index in [-0.39, 0.29) is 0 Å². The Kier molecular flexibility index (Phi) is 4.88. The number of amides is 1. The summed E-state index contributed by atoms with van der Waals surface area (Å²) in [6.45, 7) is 6.76. The van der Waals surface area contributed by atoms with Gasteiger partial charge in [-0.05, 0) is 39.0 Å². The first-order valence-corrected chi connectivity index (χ1v) is 10.1. The van der Waals surface area contributed by atoms with E-state index in [1.807, 2.05) is 5.51 Å². The lowest BCUT2D eigenvalue weighted by atomic mass is 10.0. The van der Waals surface area contributed by atoms with Crippen LogP contribution in [0.2, 0.25) is 0 Å². The van der Waals surface area contributed by atoms with Crippen molar-refractivity contribution in [2.75, 3.05) is 26.3 Å². The molecule has 6 heteroatoms. The van der Waals surface area contributed by atoms with Crippen LogP contribution in [0.5, 0.6) is 0 Å². The van der Waals surface area contributed by atoms with E-state index in [2.05, 4.69) is 21.7 Å². The molecule has 132 valence electrons. The summed E-state index contributed by atoms with van der Waals surface area (Å²) in [5.74, 6) is 0.730. The van der Waals surface area contributed by atoms with Gasteiger partial charge in [0.05, 0.1) is 11.2 Å². The van der Waals surface area contributed by atoms with Gasteiger partial charge in [0.25, 0.3) is 0 Å². The van der Waals surface area contributed by atoms with E-state index in [1.54, 1.807) is 11.3 Å². The Morgan fingerprint density at radius 1 is 1.29 bits per heavy atom. The van der Waals surface area contributed by atoms with Gasteiger partial charge in [-0.2, -0.15) is 0 Å². The number of hydrogen-bond donors (Lipinski definition) is 0. The zero-order valence-corrected chi connectivity index (χ0v) is 15.3. The Morgan fingerprint density at radius 2 is 2.08 bits per heavy atom. The number of hydrogen-bond acceptors (Lipinski definition) is 5. The number of rotatable bonds is 5. The average molecular weight is 350 g/mol. The van der Waals surface area contributed by atoms with Crippen molar-refractivity contribution in [3.63, 3.8) is 0 Å². The molecule has 1 aromatic heterocycles. The second-order valence-electron chi connectivity index (χ2n) is 7.40. The van der Waals surface area contributed by atoms with Crippen LogP contribution < -0.4 is 0 Å². The van der Waals surface area contributed by atoms with Gasteiger partial charge in [-0.15, -0.1) is 11.3 Å². The Hall–Kier alpha value is -0.980. The number of carbonyl (C=O) groups is 1. The van der Waals surface area contributed by atoms with Gasteiger partial charge in [0.15, 0.2) is 0 Å². The smallest absolute Gasteiger partial charge is 0.226 e. The maximum absolute atomic E-state index is 12.9. The van der Waals surface area contributed by atoms with Crippen LogP contribution in [0.25, 0.3) is 0 Å². The molecule has 1 unspecified atom stereocenters. The molecule has 3 fully saturated rings. The minimum absolute atomic E-state index is 0.311. The van der Waals surface area contributed by atoms with Crippen molar-refractivity contribution in [1.29, 1.82) is 0 Å². The SMILES string of the molecule is Cc1ncsc1CN1CCC(N(C(=O)C2CC2)C2CCOCC2)C1. The zero-order chi connectivity index (χ0) is 16.5. The molecule has 4 rings (SSSR count). The van der Waals surface area contributed by atoms with Gasteiger partial charge in [0.1, 0.15) is 0 Å². The largest absolute Gasteiger partial charge is 0.381 e. The average Bonchev–Trinajstić information content (AvgIpc) is 3.24. The van der Waals surface area contributed by atoms with E-state index in [1.165, 1.54) is 4.88 Å². The summed E-state index contributed by atoms with van der Waals surface area (Å²) in [5, 5.41) is 0. The van der Waals surface area contributed by atoms with Crippen molar-refractivity contribution in [1.82, 2.24) is 14.8 Å². The summed E-state index contributed by atoms with van der Waals surface area (Å²) in [4.78, 5) is 23.4. The maximum Gasteiger partial charge on any atom is 0.226 e. The first-order valence-electron chi connectivity index (χ1n) is 9.23. The lowest BCUT2D eigenvalue weighted by molar-refractivity contribution is -0.139. The molecule has 0 bridgehead atoms. The van der Waals surface area contributed by atoms with Gasteiger partial charge in [-0.3, -0.25) is 9.69 Å². The first kappa shape index (κ1) is 16.5. The van der Waals surface area contributed by atoms with Gasteiger partial charge < -0.3 is 9.64 Å². The van der Waals surface area contributed by atoms with Crippen LogP contribution in [0.4, 0.5) is 0 Å². The normalized spacial score (nSPS) is 26.0. The fraction of sp³-hybridized carbons (Fsp3) is 0.778. The van der Waals surface area contributed by atoms with Crippen molar-refractivity contribution in [3.05, 3.63) is 16.1 Å². The van der Waals surface area contributed by atoms with Gasteiger partial charge in [-0.1, -0.05) is 0 Å². The van der Waals surface area contributed by atoms with E-state index < -0.39 is 0 Å². The van der Waals surface area contributed by atoms with Crippen LogP contribution in [0.1, 0.15) is 42.7 Å². The lowest BCUT2D eigenvalue weighted by Gasteiger charge is -2.39. The summed E-state index contributed by atoms with van der Waals surface area (Å²) in [6, 6.07) is 0.774. The molecule has 0 radical (unpaired) electrons. The van der Waals surface area contributed by atoms with Crippen LogP contribution in [-0.2, 0) is 16.1 Å². The Labute approximate surface area is 148 Å². The van der Waals surface area contributed by atoms with E-state index in [9.17, 15) is 4.79 Å². The van der Waals surface area contributed by atoms with Gasteiger partial charge in [0, 0.05) is 55.7 Å². The van der Waals surface area contributed by atoms with E-state index in [0.29, 0.717) is 23.9 Å². The number of nitrogens with zero attached hydrogens (tertiary/aromatic N) is 3. The number of aryl methyl sites for hydroxylation is 1. The van der Waals surface area contributed by atoms with Crippen molar-refractivity contribution in [3.8, 4) is 0 Å². The zero-order valence-electron chi connectivity index (χ0n) is 14.4.